The lowest BCUT2D eigenvalue weighted by molar-refractivity contribution is 0.338. The van der Waals surface area contributed by atoms with Crippen LogP contribution in [0.4, 0.5) is 4.39 Å². The zero-order chi connectivity index (χ0) is 16.1. The van der Waals surface area contributed by atoms with Gasteiger partial charge in [-0.1, -0.05) is 0 Å². The van der Waals surface area contributed by atoms with Crippen LogP contribution in [-0.2, 0) is 6.42 Å². The average Bonchev–Trinajstić information content (AvgIpc) is 3.05. The highest BCUT2D eigenvalue weighted by Crippen LogP contribution is 2.10. The van der Waals surface area contributed by atoms with Crippen molar-refractivity contribution in [3.8, 4) is 5.69 Å². The SMILES string of the molecule is NC(=NCCc1ccn(-c2ccc(F)cc2)n1)N1CCCCC1. The summed E-state index contributed by atoms with van der Waals surface area (Å²) in [7, 11) is 0. The van der Waals surface area contributed by atoms with E-state index < -0.39 is 0 Å². The van der Waals surface area contributed by atoms with Gasteiger partial charge in [-0.3, -0.25) is 4.99 Å². The quantitative estimate of drug-likeness (QED) is 0.696. The molecule has 1 aromatic carbocycles. The second-order valence-corrected chi connectivity index (χ2v) is 5.77. The molecule has 3 rings (SSSR count). The topological polar surface area (TPSA) is 59.4 Å². The fourth-order valence-electron chi connectivity index (χ4n) is 2.74. The Hall–Kier alpha value is -2.37. The van der Waals surface area contributed by atoms with Gasteiger partial charge in [0.2, 0.25) is 0 Å². The van der Waals surface area contributed by atoms with E-state index in [9.17, 15) is 4.39 Å². The number of aromatic nitrogens is 2. The molecule has 2 heterocycles. The molecule has 0 amide bonds. The molecule has 5 nitrogen and oxygen atoms in total. The van der Waals surface area contributed by atoms with E-state index in [2.05, 4.69) is 15.0 Å². The van der Waals surface area contributed by atoms with Crippen LogP contribution in [0.1, 0.15) is 25.0 Å². The fraction of sp³-hybridized carbons (Fsp3) is 0.412. The van der Waals surface area contributed by atoms with Crippen molar-refractivity contribution in [3.63, 3.8) is 0 Å². The van der Waals surface area contributed by atoms with Crippen molar-refractivity contribution in [2.24, 2.45) is 10.7 Å². The summed E-state index contributed by atoms with van der Waals surface area (Å²) in [5.74, 6) is 0.395. The van der Waals surface area contributed by atoms with Gasteiger partial charge < -0.3 is 10.6 Å². The Labute approximate surface area is 135 Å². The Morgan fingerprint density at radius 3 is 2.61 bits per heavy atom. The monoisotopic (exact) mass is 315 g/mol. The van der Waals surface area contributed by atoms with Gasteiger partial charge in [0.25, 0.3) is 0 Å². The maximum atomic E-state index is 12.9. The maximum absolute atomic E-state index is 12.9. The predicted octanol–water partition coefficient (Wildman–Crippen LogP) is 2.35. The number of piperidine rings is 1. The highest BCUT2D eigenvalue weighted by Gasteiger charge is 2.11. The summed E-state index contributed by atoms with van der Waals surface area (Å²) < 4.78 is 14.7. The van der Waals surface area contributed by atoms with Crippen LogP contribution in [0.15, 0.2) is 41.5 Å². The predicted molar refractivity (Wildman–Crippen MR) is 89.1 cm³/mol. The van der Waals surface area contributed by atoms with Gasteiger partial charge in [0, 0.05) is 32.3 Å². The molecule has 1 aliphatic heterocycles. The van der Waals surface area contributed by atoms with Crippen molar-refractivity contribution in [1.29, 1.82) is 0 Å². The largest absolute Gasteiger partial charge is 0.370 e. The molecule has 23 heavy (non-hydrogen) atoms. The number of nitrogens with zero attached hydrogens (tertiary/aromatic N) is 4. The van der Waals surface area contributed by atoms with Crippen LogP contribution in [0.5, 0.6) is 0 Å². The lowest BCUT2D eigenvalue weighted by atomic mass is 10.1. The third-order valence-electron chi connectivity index (χ3n) is 4.06. The third-order valence-corrected chi connectivity index (χ3v) is 4.06. The highest BCUT2D eigenvalue weighted by molar-refractivity contribution is 5.78. The summed E-state index contributed by atoms with van der Waals surface area (Å²) in [5, 5.41) is 4.49. The first kappa shape index (κ1) is 15.5. The number of aliphatic imine (C=N–C) groups is 1. The molecule has 0 saturated carbocycles. The Morgan fingerprint density at radius 2 is 1.87 bits per heavy atom. The summed E-state index contributed by atoms with van der Waals surface area (Å²) in [6, 6.07) is 8.23. The van der Waals surface area contributed by atoms with E-state index in [1.165, 1.54) is 31.4 Å². The van der Waals surface area contributed by atoms with Crippen LogP contribution in [0, 0.1) is 5.82 Å². The number of benzene rings is 1. The van der Waals surface area contributed by atoms with E-state index in [0.717, 1.165) is 30.9 Å². The zero-order valence-electron chi connectivity index (χ0n) is 13.2. The molecule has 0 spiro atoms. The van der Waals surface area contributed by atoms with Crippen molar-refractivity contribution in [2.75, 3.05) is 19.6 Å². The summed E-state index contributed by atoms with van der Waals surface area (Å²) >= 11 is 0. The molecule has 2 N–H and O–H groups in total. The normalized spacial score (nSPS) is 15.9. The second kappa shape index (κ2) is 7.26. The minimum atomic E-state index is -0.247. The van der Waals surface area contributed by atoms with Crippen molar-refractivity contribution in [3.05, 3.63) is 48.0 Å². The number of nitrogens with two attached hydrogens (primary N) is 1. The van der Waals surface area contributed by atoms with Gasteiger partial charge in [-0.05, 0) is 49.6 Å². The van der Waals surface area contributed by atoms with E-state index in [4.69, 9.17) is 5.73 Å². The first-order valence-corrected chi connectivity index (χ1v) is 8.08. The van der Waals surface area contributed by atoms with Crippen LogP contribution in [-0.4, -0.2) is 40.3 Å². The number of likely N-dealkylation sites (tertiary alicyclic amines) is 1. The number of hydrogen-bond donors (Lipinski definition) is 1. The lowest BCUT2D eigenvalue weighted by Crippen LogP contribution is -2.41. The molecular weight excluding hydrogens is 293 g/mol. The van der Waals surface area contributed by atoms with E-state index in [0.29, 0.717) is 12.5 Å². The smallest absolute Gasteiger partial charge is 0.191 e. The first-order valence-electron chi connectivity index (χ1n) is 8.08. The summed E-state index contributed by atoms with van der Waals surface area (Å²) in [4.78, 5) is 6.61. The summed E-state index contributed by atoms with van der Waals surface area (Å²) in [5.41, 5.74) is 7.83. The minimum absolute atomic E-state index is 0.247. The van der Waals surface area contributed by atoms with Crippen molar-refractivity contribution in [1.82, 2.24) is 14.7 Å². The van der Waals surface area contributed by atoms with Crippen molar-refractivity contribution in [2.45, 2.75) is 25.7 Å². The number of rotatable bonds is 4. The molecule has 0 unspecified atom stereocenters. The Bertz CT molecular complexity index is 656. The Kier molecular flexibility index (Phi) is 4.90. The molecule has 1 aliphatic rings. The van der Waals surface area contributed by atoms with E-state index in [1.54, 1.807) is 16.8 Å². The molecule has 0 radical (unpaired) electrons. The maximum Gasteiger partial charge on any atom is 0.191 e. The third kappa shape index (κ3) is 4.09. The summed E-state index contributed by atoms with van der Waals surface area (Å²) in [6.45, 7) is 2.64. The van der Waals surface area contributed by atoms with Gasteiger partial charge >= 0.3 is 0 Å². The molecule has 6 heteroatoms. The van der Waals surface area contributed by atoms with Crippen molar-refractivity contribution < 1.29 is 4.39 Å². The van der Waals surface area contributed by atoms with Gasteiger partial charge in [0.05, 0.1) is 11.4 Å². The molecule has 0 aliphatic carbocycles. The lowest BCUT2D eigenvalue weighted by Gasteiger charge is -2.27. The van der Waals surface area contributed by atoms with Gasteiger partial charge in [-0.15, -0.1) is 0 Å². The molecule has 0 atom stereocenters. The summed E-state index contributed by atoms with van der Waals surface area (Å²) in [6.07, 6.45) is 6.28. The number of hydrogen-bond acceptors (Lipinski definition) is 2. The van der Waals surface area contributed by atoms with Crippen LogP contribution >= 0.6 is 0 Å². The standard InChI is InChI=1S/C17H22FN5/c18-14-4-6-16(7-5-14)23-13-9-15(21-23)8-10-20-17(19)22-11-2-1-3-12-22/h4-7,9,13H,1-3,8,10-12H2,(H2,19,20). The van der Waals surface area contributed by atoms with Gasteiger partial charge in [0.15, 0.2) is 5.96 Å². The first-order chi connectivity index (χ1) is 11.2. The Morgan fingerprint density at radius 1 is 1.13 bits per heavy atom. The van der Waals surface area contributed by atoms with Crippen LogP contribution in [0.25, 0.3) is 5.69 Å². The molecular formula is C17H22FN5. The van der Waals surface area contributed by atoms with Gasteiger partial charge in [-0.25, -0.2) is 9.07 Å². The fourth-order valence-corrected chi connectivity index (χ4v) is 2.74. The molecule has 1 aromatic heterocycles. The second-order valence-electron chi connectivity index (χ2n) is 5.77. The molecule has 1 fully saturated rings. The number of halogens is 1. The molecule has 2 aromatic rings. The van der Waals surface area contributed by atoms with E-state index in [-0.39, 0.29) is 5.82 Å². The molecule has 122 valence electrons. The molecule has 0 bridgehead atoms. The van der Waals surface area contributed by atoms with Crippen molar-refractivity contribution >= 4 is 5.96 Å². The van der Waals surface area contributed by atoms with Gasteiger partial charge in [-0.2, -0.15) is 5.10 Å². The zero-order valence-corrected chi connectivity index (χ0v) is 13.2. The minimum Gasteiger partial charge on any atom is -0.370 e. The molecule has 1 saturated heterocycles. The highest BCUT2D eigenvalue weighted by atomic mass is 19.1. The van der Waals surface area contributed by atoms with Gasteiger partial charge in [0.1, 0.15) is 5.82 Å². The Balaban J connectivity index is 1.55. The number of guanidine groups is 1. The van der Waals surface area contributed by atoms with Crippen LogP contribution in [0.3, 0.4) is 0 Å². The average molecular weight is 315 g/mol. The van der Waals surface area contributed by atoms with E-state index in [1.807, 2.05) is 12.3 Å². The van der Waals surface area contributed by atoms with E-state index >= 15 is 0 Å². The van der Waals surface area contributed by atoms with Crippen LogP contribution in [0.2, 0.25) is 0 Å². The van der Waals surface area contributed by atoms with Crippen LogP contribution < -0.4 is 5.73 Å².